The summed E-state index contributed by atoms with van der Waals surface area (Å²) in [5.41, 5.74) is 4.59. The number of amides is 1. The number of para-hydroxylation sites is 1. The molecule has 0 fully saturated rings. The van der Waals surface area contributed by atoms with Crippen molar-refractivity contribution in [2.45, 2.75) is 13.8 Å². The van der Waals surface area contributed by atoms with E-state index in [0.29, 0.717) is 17.3 Å². The first-order valence-electron chi connectivity index (χ1n) is 11.3. The van der Waals surface area contributed by atoms with Crippen LogP contribution in [0.25, 0.3) is 17.1 Å². The first kappa shape index (κ1) is 22.1. The van der Waals surface area contributed by atoms with E-state index in [1.165, 1.54) is 0 Å². The van der Waals surface area contributed by atoms with Crippen LogP contribution in [-0.2, 0) is 0 Å². The minimum absolute atomic E-state index is 0.0895. The number of nitrogens with zero attached hydrogens (tertiary/aromatic N) is 3. The molecule has 4 aromatic carbocycles. The highest BCUT2D eigenvalue weighted by atomic mass is 16.5. The molecule has 1 amide bonds. The summed E-state index contributed by atoms with van der Waals surface area (Å²) in [5, 5.41) is 7.43. The van der Waals surface area contributed by atoms with Gasteiger partial charge in [-0.15, -0.1) is 5.10 Å². The van der Waals surface area contributed by atoms with Crippen molar-refractivity contribution in [1.29, 1.82) is 0 Å². The highest BCUT2D eigenvalue weighted by molar-refractivity contribution is 6.01. The average molecular weight is 461 g/mol. The molecule has 0 bridgehead atoms. The lowest BCUT2D eigenvalue weighted by molar-refractivity contribution is 0.101. The fourth-order valence-electron chi connectivity index (χ4n) is 3.66. The molecular weight excluding hydrogens is 436 g/mol. The number of benzene rings is 4. The molecule has 0 spiro atoms. The summed E-state index contributed by atoms with van der Waals surface area (Å²) >= 11 is 0. The number of carbonyl (C=O) groups excluding carboxylic acids is 1. The second-order valence-corrected chi connectivity index (χ2v) is 8.27. The lowest BCUT2D eigenvalue weighted by Crippen LogP contribution is -2.14. The Hall–Kier alpha value is -4.71. The first-order valence-corrected chi connectivity index (χ1v) is 11.3. The van der Waals surface area contributed by atoms with Crippen molar-refractivity contribution in [1.82, 2.24) is 14.8 Å². The van der Waals surface area contributed by atoms with Gasteiger partial charge in [0.2, 0.25) is 5.82 Å². The third kappa shape index (κ3) is 5.12. The third-order valence-electron chi connectivity index (χ3n) is 5.46. The minimum Gasteiger partial charge on any atom is -0.457 e. The van der Waals surface area contributed by atoms with Gasteiger partial charge in [-0.1, -0.05) is 59.7 Å². The number of hydrogen-bond acceptors (Lipinski definition) is 4. The lowest BCUT2D eigenvalue weighted by atomic mass is 10.1. The largest absolute Gasteiger partial charge is 0.457 e. The van der Waals surface area contributed by atoms with Gasteiger partial charge >= 0.3 is 0 Å². The smallest absolute Gasteiger partial charge is 0.295 e. The predicted octanol–water partition coefficient (Wildman–Crippen LogP) is 6.60. The number of rotatable bonds is 6. The van der Waals surface area contributed by atoms with E-state index in [1.54, 1.807) is 28.9 Å². The zero-order valence-corrected chi connectivity index (χ0v) is 19.5. The van der Waals surface area contributed by atoms with E-state index in [0.717, 1.165) is 28.1 Å². The number of anilines is 1. The molecule has 172 valence electrons. The Morgan fingerprint density at radius 3 is 2.20 bits per heavy atom. The van der Waals surface area contributed by atoms with Crippen LogP contribution in [-0.4, -0.2) is 20.7 Å². The molecule has 1 heterocycles. The van der Waals surface area contributed by atoms with Crippen molar-refractivity contribution in [2.24, 2.45) is 0 Å². The molecule has 6 heteroatoms. The van der Waals surface area contributed by atoms with Gasteiger partial charge in [-0.2, -0.15) is 0 Å². The Morgan fingerprint density at radius 2 is 1.49 bits per heavy atom. The quantitative estimate of drug-likeness (QED) is 0.310. The van der Waals surface area contributed by atoms with Gasteiger partial charge in [0.1, 0.15) is 11.5 Å². The summed E-state index contributed by atoms with van der Waals surface area (Å²) < 4.78 is 7.53. The molecule has 0 aliphatic heterocycles. The van der Waals surface area contributed by atoms with Gasteiger partial charge in [0, 0.05) is 11.3 Å². The van der Waals surface area contributed by atoms with Crippen LogP contribution in [0.5, 0.6) is 11.5 Å². The predicted molar refractivity (Wildman–Crippen MR) is 137 cm³/mol. The Bertz CT molecular complexity index is 1460. The van der Waals surface area contributed by atoms with Crippen molar-refractivity contribution in [3.05, 3.63) is 120 Å². The van der Waals surface area contributed by atoms with Crippen LogP contribution in [0.1, 0.15) is 21.7 Å². The van der Waals surface area contributed by atoms with Crippen molar-refractivity contribution < 1.29 is 9.53 Å². The van der Waals surface area contributed by atoms with Crippen molar-refractivity contribution in [3.8, 4) is 28.6 Å². The zero-order valence-electron chi connectivity index (χ0n) is 19.5. The molecule has 0 aliphatic carbocycles. The fourth-order valence-corrected chi connectivity index (χ4v) is 3.66. The molecule has 1 N–H and O–H groups in total. The summed E-state index contributed by atoms with van der Waals surface area (Å²) in [6.45, 7) is 4.05. The Labute approximate surface area is 203 Å². The van der Waals surface area contributed by atoms with E-state index in [4.69, 9.17) is 4.74 Å². The molecule has 1 aromatic heterocycles. The SMILES string of the molecule is Cc1ccc(-n2nc(C(=O)Nc3ccc(Oc4ccccc4)cc3)nc2-c2cccc(C)c2)cc1. The summed E-state index contributed by atoms with van der Waals surface area (Å²) in [6.07, 6.45) is 0. The second kappa shape index (κ2) is 9.65. The fraction of sp³-hybridized carbons (Fsp3) is 0.0690. The van der Waals surface area contributed by atoms with Gasteiger partial charge in [-0.25, -0.2) is 9.67 Å². The normalized spacial score (nSPS) is 10.7. The van der Waals surface area contributed by atoms with Crippen LogP contribution in [0.15, 0.2) is 103 Å². The summed E-state index contributed by atoms with van der Waals surface area (Å²) in [4.78, 5) is 17.7. The van der Waals surface area contributed by atoms with Crippen molar-refractivity contribution >= 4 is 11.6 Å². The van der Waals surface area contributed by atoms with E-state index in [9.17, 15) is 4.79 Å². The number of aryl methyl sites for hydroxylation is 2. The van der Waals surface area contributed by atoms with Crippen LogP contribution in [0.4, 0.5) is 5.69 Å². The van der Waals surface area contributed by atoms with Gasteiger partial charge < -0.3 is 10.1 Å². The summed E-state index contributed by atoms with van der Waals surface area (Å²) in [5.74, 6) is 1.74. The molecule has 5 aromatic rings. The van der Waals surface area contributed by atoms with Gasteiger partial charge in [-0.05, 0) is 68.4 Å². The van der Waals surface area contributed by atoms with Crippen LogP contribution < -0.4 is 10.1 Å². The van der Waals surface area contributed by atoms with Crippen LogP contribution in [0, 0.1) is 13.8 Å². The highest BCUT2D eigenvalue weighted by Crippen LogP contribution is 2.25. The van der Waals surface area contributed by atoms with E-state index in [-0.39, 0.29) is 11.7 Å². The third-order valence-corrected chi connectivity index (χ3v) is 5.46. The van der Waals surface area contributed by atoms with Gasteiger partial charge in [0.05, 0.1) is 5.69 Å². The number of carbonyl (C=O) groups is 1. The molecular formula is C29H24N4O2. The topological polar surface area (TPSA) is 69.0 Å². The molecule has 0 atom stereocenters. The molecule has 35 heavy (non-hydrogen) atoms. The average Bonchev–Trinajstić information content (AvgIpc) is 3.32. The van der Waals surface area contributed by atoms with E-state index < -0.39 is 0 Å². The van der Waals surface area contributed by atoms with E-state index in [1.807, 2.05) is 92.7 Å². The lowest BCUT2D eigenvalue weighted by Gasteiger charge is -2.07. The zero-order chi connectivity index (χ0) is 24.2. The molecule has 0 aliphatic rings. The molecule has 0 unspecified atom stereocenters. The highest BCUT2D eigenvalue weighted by Gasteiger charge is 2.19. The van der Waals surface area contributed by atoms with Gasteiger partial charge in [-0.3, -0.25) is 4.79 Å². The number of hydrogen-bond donors (Lipinski definition) is 1. The molecule has 6 nitrogen and oxygen atoms in total. The van der Waals surface area contributed by atoms with Crippen LogP contribution >= 0.6 is 0 Å². The first-order chi connectivity index (χ1) is 17.0. The maximum atomic E-state index is 13.1. The number of aromatic nitrogens is 3. The summed E-state index contributed by atoms with van der Waals surface area (Å²) in [7, 11) is 0. The van der Waals surface area contributed by atoms with Gasteiger partial charge in [0.15, 0.2) is 5.82 Å². The molecule has 0 saturated carbocycles. The minimum atomic E-state index is -0.388. The molecule has 0 saturated heterocycles. The maximum Gasteiger partial charge on any atom is 0.295 e. The van der Waals surface area contributed by atoms with E-state index >= 15 is 0 Å². The standard InChI is InChI=1S/C29H24N4O2/c1-20-11-15-24(16-12-20)33-28(22-8-6-7-21(2)19-22)31-27(32-33)29(34)30-23-13-17-26(18-14-23)35-25-9-4-3-5-10-25/h3-19H,1-2H3,(H,30,34). The Morgan fingerprint density at radius 1 is 0.771 bits per heavy atom. The molecule has 0 radical (unpaired) electrons. The Kier molecular flexibility index (Phi) is 6.09. The van der Waals surface area contributed by atoms with Crippen molar-refractivity contribution in [3.63, 3.8) is 0 Å². The van der Waals surface area contributed by atoms with Crippen molar-refractivity contribution in [2.75, 3.05) is 5.32 Å². The van der Waals surface area contributed by atoms with E-state index in [2.05, 4.69) is 15.4 Å². The monoisotopic (exact) mass is 460 g/mol. The summed E-state index contributed by atoms with van der Waals surface area (Å²) in [6, 6.07) is 32.7. The van der Waals surface area contributed by atoms with Crippen LogP contribution in [0.3, 0.4) is 0 Å². The molecule has 5 rings (SSSR count). The van der Waals surface area contributed by atoms with Crippen LogP contribution in [0.2, 0.25) is 0 Å². The maximum absolute atomic E-state index is 13.1. The second-order valence-electron chi connectivity index (χ2n) is 8.27. The number of nitrogens with one attached hydrogen (secondary N) is 1. The Balaban J connectivity index is 1.40. The van der Waals surface area contributed by atoms with Gasteiger partial charge in [0.25, 0.3) is 5.91 Å². The number of ether oxygens (including phenoxy) is 1.